The molecule has 17 nitrogen and oxygen atoms in total. The van der Waals surface area contributed by atoms with Crippen LogP contribution in [0.15, 0.2) is 0 Å². The highest BCUT2D eigenvalue weighted by Crippen LogP contribution is 2.45. The van der Waals surface area contributed by atoms with E-state index in [1.165, 1.54) is 161 Å². The summed E-state index contributed by atoms with van der Waals surface area (Å²) in [4.78, 5) is 72.7. The molecule has 6 atom stereocenters. The molecule has 0 bridgehead atoms. The molecule has 0 saturated heterocycles. The van der Waals surface area contributed by atoms with Crippen molar-refractivity contribution in [2.24, 2.45) is 23.7 Å². The van der Waals surface area contributed by atoms with Gasteiger partial charge in [-0.1, -0.05) is 312 Å². The maximum Gasteiger partial charge on any atom is 0.472 e. The lowest BCUT2D eigenvalue weighted by Gasteiger charge is -2.21. The lowest BCUT2D eigenvalue weighted by Crippen LogP contribution is -2.30. The van der Waals surface area contributed by atoms with E-state index in [9.17, 15) is 43.2 Å². The largest absolute Gasteiger partial charge is 0.472 e. The van der Waals surface area contributed by atoms with Gasteiger partial charge in [-0.15, -0.1) is 0 Å². The Labute approximate surface area is 562 Å². The Morgan fingerprint density at radius 2 is 0.522 bits per heavy atom. The molecule has 0 aliphatic rings. The van der Waals surface area contributed by atoms with Crippen molar-refractivity contribution in [2.45, 2.75) is 382 Å². The van der Waals surface area contributed by atoms with Crippen LogP contribution in [0, 0.1) is 23.7 Å². The van der Waals surface area contributed by atoms with Gasteiger partial charge in [0.1, 0.15) is 19.3 Å². The van der Waals surface area contributed by atoms with Crippen molar-refractivity contribution in [2.75, 3.05) is 39.6 Å². The summed E-state index contributed by atoms with van der Waals surface area (Å²) in [7, 11) is -9.91. The molecular weight excluding hydrogens is 1210 g/mol. The summed E-state index contributed by atoms with van der Waals surface area (Å²) in [5, 5.41) is 10.6. The summed E-state index contributed by atoms with van der Waals surface area (Å²) in [6.45, 7) is 14.1. The lowest BCUT2D eigenvalue weighted by atomic mass is 10.00. The van der Waals surface area contributed by atoms with Crippen molar-refractivity contribution in [3.63, 3.8) is 0 Å². The standard InChI is InChI=1S/C73H142O17P2/c1-9-66(8)52-44-36-31-32-38-46-54-71(76)84-60-69(90-73(78)56-48-40-30-24-18-21-27-35-43-51-65(6)7)62-88-92(81,82)86-58-67(74)57-85-91(79,80)87-61-68(59-83-70(75)53-45-37-28-22-17-16-20-26-34-42-50-64(4)5)89-72(77)55-47-39-29-23-15-13-11-10-12-14-19-25-33-41-49-63(2)3/h63-69,74H,9-62H2,1-8H3,(H,79,80)(H,81,82)/t66?,67-,68-,69-/m1/s1. The number of phosphoric ester groups is 2. The molecule has 0 heterocycles. The topological polar surface area (TPSA) is 237 Å². The minimum Gasteiger partial charge on any atom is -0.462 e. The number of aliphatic hydroxyl groups is 1. The first kappa shape index (κ1) is 90.1. The predicted octanol–water partition coefficient (Wildman–Crippen LogP) is 20.9. The van der Waals surface area contributed by atoms with Gasteiger partial charge in [-0.25, -0.2) is 9.13 Å². The van der Waals surface area contributed by atoms with E-state index in [1.807, 2.05) is 0 Å². The molecule has 0 aromatic rings. The van der Waals surface area contributed by atoms with Gasteiger partial charge in [0.15, 0.2) is 12.2 Å². The zero-order valence-electron chi connectivity index (χ0n) is 60.2. The highest BCUT2D eigenvalue weighted by Gasteiger charge is 2.30. The third-order valence-corrected chi connectivity index (χ3v) is 19.1. The molecule has 3 N–H and O–H groups in total. The maximum atomic E-state index is 13.1. The fourth-order valence-corrected chi connectivity index (χ4v) is 12.6. The van der Waals surface area contributed by atoms with Gasteiger partial charge >= 0.3 is 39.5 Å². The summed E-state index contributed by atoms with van der Waals surface area (Å²) in [6.07, 6.45) is 45.8. The second-order valence-corrected chi connectivity index (χ2v) is 30.9. The molecule has 92 heavy (non-hydrogen) atoms. The number of esters is 4. The van der Waals surface area contributed by atoms with E-state index < -0.39 is 97.5 Å². The smallest absolute Gasteiger partial charge is 0.462 e. The minimum absolute atomic E-state index is 0.104. The summed E-state index contributed by atoms with van der Waals surface area (Å²) >= 11 is 0. The second kappa shape index (κ2) is 62.6. The van der Waals surface area contributed by atoms with E-state index in [0.29, 0.717) is 25.7 Å². The Kier molecular flexibility index (Phi) is 61.3. The SMILES string of the molecule is CCC(C)CCCCCCCCC(=O)OC[C@H](COP(=O)(O)OC[C@H](O)COP(=O)(O)OC[C@@H](COC(=O)CCCCCCCCCCCCC(C)C)OC(=O)CCCCCCCCCCCCCCCCC(C)C)OC(=O)CCCCCCCCCCCC(C)C. The fraction of sp³-hybridized carbons (Fsp3) is 0.945. The van der Waals surface area contributed by atoms with Crippen LogP contribution in [0.5, 0.6) is 0 Å². The average Bonchev–Trinajstić information content (AvgIpc) is 1.86. The zero-order valence-corrected chi connectivity index (χ0v) is 62.0. The van der Waals surface area contributed by atoms with Crippen LogP contribution in [-0.2, 0) is 65.4 Å². The van der Waals surface area contributed by atoms with Gasteiger partial charge in [-0.3, -0.25) is 37.3 Å². The Morgan fingerprint density at radius 3 is 0.772 bits per heavy atom. The van der Waals surface area contributed by atoms with Gasteiger partial charge in [-0.05, 0) is 49.4 Å². The lowest BCUT2D eigenvalue weighted by molar-refractivity contribution is -0.161. The average molecular weight is 1350 g/mol. The Hall–Kier alpha value is -1.94. The fourth-order valence-electron chi connectivity index (χ4n) is 11.0. The number of rotatable bonds is 70. The molecule has 0 aliphatic heterocycles. The third kappa shape index (κ3) is 65.4. The van der Waals surface area contributed by atoms with Crippen LogP contribution in [0.2, 0.25) is 0 Å². The van der Waals surface area contributed by atoms with Gasteiger partial charge in [0.2, 0.25) is 0 Å². The third-order valence-electron chi connectivity index (χ3n) is 17.2. The predicted molar refractivity (Wildman–Crippen MR) is 372 cm³/mol. The molecule has 0 radical (unpaired) electrons. The molecule has 0 amide bonds. The first-order chi connectivity index (χ1) is 44.1. The first-order valence-corrected chi connectivity index (χ1v) is 40.7. The van der Waals surface area contributed by atoms with Crippen LogP contribution in [0.25, 0.3) is 0 Å². The molecule has 0 fully saturated rings. The second-order valence-electron chi connectivity index (χ2n) is 28.0. The monoisotopic (exact) mass is 1350 g/mol. The normalized spacial score (nSPS) is 14.5. The minimum atomic E-state index is -4.96. The molecule has 0 aromatic heterocycles. The van der Waals surface area contributed by atoms with Crippen molar-refractivity contribution in [1.29, 1.82) is 0 Å². The number of aliphatic hydroxyl groups excluding tert-OH is 1. The van der Waals surface area contributed by atoms with Crippen molar-refractivity contribution < 1.29 is 80.2 Å². The molecule has 546 valence electrons. The van der Waals surface area contributed by atoms with Crippen molar-refractivity contribution >= 4 is 39.5 Å². The Balaban J connectivity index is 5.26. The number of phosphoric acid groups is 2. The van der Waals surface area contributed by atoms with Crippen LogP contribution in [0.3, 0.4) is 0 Å². The van der Waals surface area contributed by atoms with Gasteiger partial charge in [0, 0.05) is 25.7 Å². The molecule has 0 aromatic carbocycles. The quantitative estimate of drug-likeness (QED) is 0.0222. The number of hydrogen-bond acceptors (Lipinski definition) is 15. The van der Waals surface area contributed by atoms with E-state index in [0.717, 1.165) is 120 Å². The molecule has 0 saturated carbocycles. The van der Waals surface area contributed by atoms with E-state index in [-0.39, 0.29) is 25.7 Å². The summed E-state index contributed by atoms with van der Waals surface area (Å²) in [6, 6.07) is 0. The number of ether oxygens (including phenoxy) is 4. The van der Waals surface area contributed by atoms with E-state index >= 15 is 0 Å². The van der Waals surface area contributed by atoms with Gasteiger partial charge in [0.05, 0.1) is 26.4 Å². The molecular formula is C73H142O17P2. The molecule has 3 unspecified atom stereocenters. The molecule has 0 aliphatic carbocycles. The van der Waals surface area contributed by atoms with Crippen LogP contribution < -0.4 is 0 Å². The zero-order chi connectivity index (χ0) is 68.2. The van der Waals surface area contributed by atoms with Crippen LogP contribution in [-0.4, -0.2) is 96.7 Å². The Morgan fingerprint density at radius 1 is 0.304 bits per heavy atom. The van der Waals surface area contributed by atoms with Crippen molar-refractivity contribution in [1.82, 2.24) is 0 Å². The number of hydrogen-bond donors (Lipinski definition) is 3. The Bertz CT molecular complexity index is 1820. The summed E-state index contributed by atoms with van der Waals surface area (Å²) < 4.78 is 68.4. The number of carbonyl (C=O) groups is 4. The van der Waals surface area contributed by atoms with Crippen molar-refractivity contribution in [3.8, 4) is 0 Å². The van der Waals surface area contributed by atoms with Crippen LogP contribution >= 0.6 is 15.6 Å². The van der Waals surface area contributed by atoms with Crippen molar-refractivity contribution in [3.05, 3.63) is 0 Å². The summed E-state index contributed by atoms with van der Waals surface area (Å²) in [5.41, 5.74) is 0. The van der Waals surface area contributed by atoms with Gasteiger partial charge < -0.3 is 33.8 Å². The number of carbonyl (C=O) groups excluding carboxylic acids is 4. The van der Waals surface area contributed by atoms with Gasteiger partial charge in [0.25, 0.3) is 0 Å². The van der Waals surface area contributed by atoms with E-state index in [2.05, 4.69) is 55.4 Å². The first-order valence-electron chi connectivity index (χ1n) is 37.7. The van der Waals surface area contributed by atoms with E-state index in [4.69, 9.17) is 37.0 Å². The molecule has 0 spiro atoms. The van der Waals surface area contributed by atoms with Gasteiger partial charge in [-0.2, -0.15) is 0 Å². The molecule has 0 rings (SSSR count). The highest BCUT2D eigenvalue weighted by atomic mass is 31.2. The van der Waals surface area contributed by atoms with E-state index in [1.54, 1.807) is 0 Å². The number of unbranched alkanes of at least 4 members (excludes halogenated alkanes) is 35. The summed E-state index contributed by atoms with van der Waals surface area (Å²) in [5.74, 6) is 0.895. The molecule has 19 heteroatoms. The van der Waals surface area contributed by atoms with Crippen LogP contribution in [0.4, 0.5) is 0 Å². The van der Waals surface area contributed by atoms with Crippen LogP contribution in [0.1, 0.15) is 364 Å². The maximum absolute atomic E-state index is 13.1. The highest BCUT2D eigenvalue weighted by molar-refractivity contribution is 7.47.